The molecule has 17 heavy (non-hydrogen) atoms. The molecule has 1 aromatic carbocycles. The minimum Gasteiger partial charge on any atom is -0.459 e. The van der Waals surface area contributed by atoms with Crippen LogP contribution in [-0.2, 0) is 4.74 Å². The fourth-order valence-corrected chi connectivity index (χ4v) is 1.81. The Labute approximate surface area is 103 Å². The Morgan fingerprint density at radius 2 is 2.06 bits per heavy atom. The fourth-order valence-electron chi connectivity index (χ4n) is 1.81. The van der Waals surface area contributed by atoms with Crippen LogP contribution in [0.15, 0.2) is 12.1 Å². The lowest BCUT2D eigenvalue weighted by Gasteiger charge is -2.14. The lowest BCUT2D eigenvalue weighted by molar-refractivity contribution is 0.0322. The summed E-state index contributed by atoms with van der Waals surface area (Å²) >= 11 is 0. The van der Waals surface area contributed by atoms with Crippen molar-refractivity contribution >= 4 is 11.7 Å². The zero-order valence-electron chi connectivity index (χ0n) is 11.0. The molecule has 0 radical (unpaired) electrons. The monoisotopic (exact) mass is 235 g/mol. The number of nitrogen functional groups attached to an aromatic ring is 1. The van der Waals surface area contributed by atoms with Gasteiger partial charge in [0.15, 0.2) is 0 Å². The van der Waals surface area contributed by atoms with Crippen molar-refractivity contribution < 1.29 is 9.53 Å². The van der Waals surface area contributed by atoms with Gasteiger partial charge >= 0.3 is 5.97 Å². The molecule has 0 heterocycles. The molecule has 0 saturated heterocycles. The van der Waals surface area contributed by atoms with Crippen molar-refractivity contribution in [3.63, 3.8) is 0 Å². The second-order valence-corrected chi connectivity index (χ2v) is 4.51. The molecule has 94 valence electrons. The molecule has 0 aromatic heterocycles. The van der Waals surface area contributed by atoms with Gasteiger partial charge in [0, 0.05) is 5.69 Å². The second-order valence-electron chi connectivity index (χ2n) is 4.51. The van der Waals surface area contributed by atoms with Crippen molar-refractivity contribution in [1.82, 2.24) is 0 Å². The highest BCUT2D eigenvalue weighted by atomic mass is 16.5. The molecule has 1 rings (SSSR count). The summed E-state index contributed by atoms with van der Waals surface area (Å²) in [6, 6.07) is 3.55. The first-order valence-corrected chi connectivity index (χ1v) is 6.03. The number of hydrogen-bond acceptors (Lipinski definition) is 3. The molecule has 0 amide bonds. The molecule has 0 spiro atoms. The van der Waals surface area contributed by atoms with Gasteiger partial charge < -0.3 is 10.5 Å². The Morgan fingerprint density at radius 3 is 2.65 bits per heavy atom. The van der Waals surface area contributed by atoms with Crippen LogP contribution in [0.5, 0.6) is 0 Å². The number of carbonyl (C=O) groups is 1. The molecular weight excluding hydrogens is 214 g/mol. The predicted molar refractivity (Wildman–Crippen MR) is 70.1 cm³/mol. The van der Waals surface area contributed by atoms with E-state index in [1.807, 2.05) is 26.8 Å². The SMILES string of the molecule is CCCC(C)OC(=O)c1cc(N)cc(C)c1C. The first-order valence-electron chi connectivity index (χ1n) is 6.03. The zero-order chi connectivity index (χ0) is 13.0. The molecule has 1 unspecified atom stereocenters. The Balaban J connectivity index is 2.89. The summed E-state index contributed by atoms with van der Waals surface area (Å²) < 4.78 is 5.37. The van der Waals surface area contributed by atoms with Crippen LogP contribution >= 0.6 is 0 Å². The van der Waals surface area contributed by atoms with Crippen LogP contribution in [0.4, 0.5) is 5.69 Å². The number of nitrogens with two attached hydrogens (primary N) is 1. The van der Waals surface area contributed by atoms with E-state index in [-0.39, 0.29) is 12.1 Å². The number of benzene rings is 1. The van der Waals surface area contributed by atoms with Crippen LogP contribution in [0, 0.1) is 13.8 Å². The van der Waals surface area contributed by atoms with Gasteiger partial charge in [0.2, 0.25) is 0 Å². The van der Waals surface area contributed by atoms with Gasteiger partial charge in [-0.15, -0.1) is 0 Å². The number of hydrogen-bond donors (Lipinski definition) is 1. The molecule has 0 aliphatic heterocycles. The van der Waals surface area contributed by atoms with E-state index in [1.165, 1.54) is 0 Å². The molecule has 1 atom stereocenters. The predicted octanol–water partition coefficient (Wildman–Crippen LogP) is 3.23. The summed E-state index contributed by atoms with van der Waals surface area (Å²) in [5.41, 5.74) is 8.87. The number of anilines is 1. The summed E-state index contributed by atoms with van der Waals surface area (Å²) in [6.07, 6.45) is 1.84. The molecule has 3 nitrogen and oxygen atoms in total. The highest BCUT2D eigenvalue weighted by Gasteiger charge is 2.15. The number of esters is 1. The highest BCUT2D eigenvalue weighted by molar-refractivity contribution is 5.92. The highest BCUT2D eigenvalue weighted by Crippen LogP contribution is 2.19. The van der Waals surface area contributed by atoms with Crippen LogP contribution in [0.3, 0.4) is 0 Å². The van der Waals surface area contributed by atoms with E-state index in [0.717, 1.165) is 24.0 Å². The van der Waals surface area contributed by atoms with Gasteiger partial charge in [0.05, 0.1) is 11.7 Å². The van der Waals surface area contributed by atoms with E-state index >= 15 is 0 Å². The molecular formula is C14H21NO2. The van der Waals surface area contributed by atoms with E-state index in [0.29, 0.717) is 11.3 Å². The lowest BCUT2D eigenvalue weighted by Crippen LogP contribution is -2.16. The molecule has 1 aromatic rings. The third kappa shape index (κ3) is 3.48. The fraction of sp³-hybridized carbons (Fsp3) is 0.500. The summed E-state index contributed by atoms with van der Waals surface area (Å²) in [7, 11) is 0. The molecule has 0 saturated carbocycles. The van der Waals surface area contributed by atoms with Crippen LogP contribution in [-0.4, -0.2) is 12.1 Å². The minimum absolute atomic E-state index is 0.0476. The quantitative estimate of drug-likeness (QED) is 0.644. The Morgan fingerprint density at radius 1 is 1.41 bits per heavy atom. The van der Waals surface area contributed by atoms with Crippen LogP contribution in [0.2, 0.25) is 0 Å². The summed E-state index contributed by atoms with van der Waals surface area (Å²) in [6.45, 7) is 7.84. The Bertz CT molecular complexity index is 413. The molecule has 0 aliphatic carbocycles. The van der Waals surface area contributed by atoms with Crippen molar-refractivity contribution in [3.05, 3.63) is 28.8 Å². The van der Waals surface area contributed by atoms with Crippen molar-refractivity contribution in [1.29, 1.82) is 0 Å². The van der Waals surface area contributed by atoms with Crippen molar-refractivity contribution in [2.75, 3.05) is 5.73 Å². The van der Waals surface area contributed by atoms with Crippen LogP contribution < -0.4 is 5.73 Å². The molecule has 0 aliphatic rings. The third-order valence-corrected chi connectivity index (χ3v) is 2.91. The van der Waals surface area contributed by atoms with E-state index in [2.05, 4.69) is 6.92 Å². The van der Waals surface area contributed by atoms with Gasteiger partial charge in [-0.25, -0.2) is 4.79 Å². The average Bonchev–Trinajstić information content (AvgIpc) is 2.23. The van der Waals surface area contributed by atoms with Gasteiger partial charge in [0.25, 0.3) is 0 Å². The molecule has 0 bridgehead atoms. The summed E-state index contributed by atoms with van der Waals surface area (Å²) in [4.78, 5) is 12.0. The Hall–Kier alpha value is -1.51. The topological polar surface area (TPSA) is 52.3 Å². The van der Waals surface area contributed by atoms with E-state index in [9.17, 15) is 4.79 Å². The van der Waals surface area contributed by atoms with Gasteiger partial charge in [-0.3, -0.25) is 0 Å². The standard InChI is InChI=1S/C14H21NO2/c1-5-6-10(3)17-14(16)13-8-12(15)7-9(2)11(13)4/h7-8,10H,5-6,15H2,1-4H3. The largest absolute Gasteiger partial charge is 0.459 e. The second kappa shape index (κ2) is 5.71. The smallest absolute Gasteiger partial charge is 0.338 e. The average molecular weight is 235 g/mol. The van der Waals surface area contributed by atoms with E-state index in [1.54, 1.807) is 6.07 Å². The molecule has 0 fully saturated rings. The maximum atomic E-state index is 12.0. The Kier molecular flexibility index (Phi) is 4.55. The number of rotatable bonds is 4. The molecule has 2 N–H and O–H groups in total. The maximum absolute atomic E-state index is 12.0. The van der Waals surface area contributed by atoms with E-state index < -0.39 is 0 Å². The summed E-state index contributed by atoms with van der Waals surface area (Å²) in [5.74, 6) is -0.279. The lowest BCUT2D eigenvalue weighted by atomic mass is 10.0. The van der Waals surface area contributed by atoms with Gasteiger partial charge in [-0.1, -0.05) is 13.3 Å². The van der Waals surface area contributed by atoms with Gasteiger partial charge in [-0.2, -0.15) is 0 Å². The zero-order valence-corrected chi connectivity index (χ0v) is 11.0. The minimum atomic E-state index is -0.279. The first-order chi connectivity index (χ1) is 7.95. The maximum Gasteiger partial charge on any atom is 0.338 e. The molecule has 3 heteroatoms. The number of ether oxygens (including phenoxy) is 1. The number of aryl methyl sites for hydroxylation is 1. The normalized spacial score (nSPS) is 12.2. The van der Waals surface area contributed by atoms with Crippen molar-refractivity contribution in [3.8, 4) is 0 Å². The third-order valence-electron chi connectivity index (χ3n) is 2.91. The van der Waals surface area contributed by atoms with E-state index in [4.69, 9.17) is 10.5 Å². The van der Waals surface area contributed by atoms with Crippen LogP contribution in [0.1, 0.15) is 48.2 Å². The first kappa shape index (κ1) is 13.6. The van der Waals surface area contributed by atoms with Gasteiger partial charge in [0.1, 0.15) is 0 Å². The van der Waals surface area contributed by atoms with Crippen LogP contribution in [0.25, 0.3) is 0 Å². The van der Waals surface area contributed by atoms with Crippen molar-refractivity contribution in [2.24, 2.45) is 0 Å². The van der Waals surface area contributed by atoms with Gasteiger partial charge in [-0.05, 0) is 50.5 Å². The number of carbonyl (C=O) groups excluding carboxylic acids is 1. The van der Waals surface area contributed by atoms with Crippen molar-refractivity contribution in [2.45, 2.75) is 46.6 Å². The summed E-state index contributed by atoms with van der Waals surface area (Å²) in [5, 5.41) is 0.